The predicted molar refractivity (Wildman–Crippen MR) is 133 cm³/mol. The molecule has 4 rings (SSSR count). The highest BCUT2D eigenvalue weighted by molar-refractivity contribution is 6.43. The topological polar surface area (TPSA) is 69.7 Å². The molecule has 0 saturated carbocycles. The van der Waals surface area contributed by atoms with Crippen LogP contribution in [0.1, 0.15) is 31.9 Å². The zero-order valence-corrected chi connectivity index (χ0v) is 20.6. The molecule has 4 amide bonds. The van der Waals surface area contributed by atoms with Crippen molar-refractivity contribution >= 4 is 75.7 Å². The van der Waals surface area contributed by atoms with Crippen LogP contribution in [0.15, 0.2) is 42.0 Å². The van der Waals surface area contributed by atoms with Gasteiger partial charge in [-0.3, -0.25) is 14.9 Å². The van der Waals surface area contributed by atoms with Gasteiger partial charge in [0.15, 0.2) is 0 Å². The fourth-order valence-electron chi connectivity index (χ4n) is 3.97. The number of likely N-dealkylation sites (N-methyl/N-ethyl adjacent to an activating group) is 1. The molecule has 170 valence electrons. The Balaban J connectivity index is 1.79. The van der Waals surface area contributed by atoms with Crippen LogP contribution in [0, 0.1) is 0 Å². The third-order valence-corrected chi connectivity index (χ3v) is 6.96. The Bertz CT molecular complexity index is 1300. The fourth-order valence-corrected chi connectivity index (χ4v) is 4.47. The molecule has 6 nitrogen and oxygen atoms in total. The number of anilines is 2. The van der Waals surface area contributed by atoms with Crippen molar-refractivity contribution in [2.45, 2.75) is 26.3 Å². The van der Waals surface area contributed by atoms with Crippen LogP contribution in [0.4, 0.5) is 16.2 Å². The van der Waals surface area contributed by atoms with Gasteiger partial charge in [-0.2, -0.15) is 0 Å². The van der Waals surface area contributed by atoms with Gasteiger partial charge in [-0.15, -0.1) is 0 Å². The van der Waals surface area contributed by atoms with Crippen LogP contribution in [0.2, 0.25) is 15.1 Å². The summed E-state index contributed by atoms with van der Waals surface area (Å²) in [6, 6.07) is 7.09. The Hall–Kier alpha value is -2.80. The molecule has 0 bridgehead atoms. The number of carbonyl (C=O) groups is 3. The first-order valence-corrected chi connectivity index (χ1v) is 11.2. The highest BCUT2D eigenvalue weighted by Gasteiger charge is 2.37. The Morgan fingerprint density at radius 2 is 1.67 bits per heavy atom. The van der Waals surface area contributed by atoms with Gasteiger partial charge < -0.3 is 4.90 Å². The molecule has 0 aromatic heterocycles. The van der Waals surface area contributed by atoms with Gasteiger partial charge >= 0.3 is 6.03 Å². The zero-order chi connectivity index (χ0) is 24.2. The molecule has 0 spiro atoms. The lowest BCUT2D eigenvalue weighted by molar-refractivity contribution is -0.122. The number of hydrogen-bond acceptors (Lipinski definition) is 4. The molecule has 2 aromatic rings. The Morgan fingerprint density at radius 1 is 0.970 bits per heavy atom. The lowest BCUT2D eigenvalue weighted by Gasteiger charge is -2.40. The molecule has 9 heteroatoms. The number of nitrogens with zero attached hydrogens (tertiary/aromatic N) is 2. The van der Waals surface area contributed by atoms with Gasteiger partial charge in [0, 0.05) is 23.3 Å². The van der Waals surface area contributed by atoms with E-state index in [1.165, 1.54) is 24.3 Å². The molecule has 2 aromatic carbocycles. The first-order chi connectivity index (χ1) is 15.4. The van der Waals surface area contributed by atoms with Crippen LogP contribution in [-0.4, -0.2) is 30.4 Å². The molecule has 1 saturated heterocycles. The van der Waals surface area contributed by atoms with Crippen LogP contribution in [0.25, 0.3) is 11.6 Å². The number of barbiturate groups is 1. The summed E-state index contributed by atoms with van der Waals surface area (Å²) < 4.78 is 0. The number of imide groups is 2. The summed E-state index contributed by atoms with van der Waals surface area (Å²) in [5, 5.41) is 3.01. The minimum Gasteiger partial charge on any atom is -0.365 e. The second kappa shape index (κ2) is 8.20. The average molecular weight is 505 g/mol. The summed E-state index contributed by atoms with van der Waals surface area (Å²) >= 11 is 18.5. The first-order valence-electron chi connectivity index (χ1n) is 10.0. The van der Waals surface area contributed by atoms with Gasteiger partial charge in [0.1, 0.15) is 5.57 Å². The largest absolute Gasteiger partial charge is 0.365 e. The number of rotatable bonds is 2. The van der Waals surface area contributed by atoms with Crippen LogP contribution >= 0.6 is 34.8 Å². The Morgan fingerprint density at radius 3 is 2.33 bits per heavy atom. The minimum atomic E-state index is -0.875. The van der Waals surface area contributed by atoms with Crippen molar-refractivity contribution in [3.63, 3.8) is 0 Å². The van der Waals surface area contributed by atoms with Gasteiger partial charge in [0.25, 0.3) is 11.8 Å². The van der Waals surface area contributed by atoms with E-state index in [1.54, 1.807) is 0 Å². The highest BCUT2D eigenvalue weighted by Crippen LogP contribution is 2.41. The van der Waals surface area contributed by atoms with Gasteiger partial charge in [-0.25, -0.2) is 9.69 Å². The number of urea groups is 1. The predicted octanol–water partition coefficient (Wildman–Crippen LogP) is 5.94. The first kappa shape index (κ1) is 23.4. The number of allylic oxidation sites excluding steroid dienone is 1. The summed E-state index contributed by atoms with van der Waals surface area (Å²) in [4.78, 5) is 41.1. The van der Waals surface area contributed by atoms with E-state index in [2.05, 4.69) is 30.1 Å². The van der Waals surface area contributed by atoms with Crippen LogP contribution < -0.4 is 15.1 Å². The number of carbonyl (C=O) groups excluding carboxylic acids is 3. The van der Waals surface area contributed by atoms with Gasteiger partial charge in [0.2, 0.25) is 0 Å². The number of halogens is 3. The Labute approximate surface area is 206 Å². The van der Waals surface area contributed by atoms with Gasteiger partial charge in [-0.1, -0.05) is 40.9 Å². The number of benzene rings is 2. The smallest absolute Gasteiger partial charge is 0.335 e. The van der Waals surface area contributed by atoms with E-state index in [1.807, 2.05) is 26.1 Å². The van der Waals surface area contributed by atoms with E-state index in [-0.39, 0.29) is 26.8 Å². The molecule has 2 aliphatic heterocycles. The van der Waals surface area contributed by atoms with Crippen LogP contribution in [-0.2, 0) is 9.59 Å². The second-order valence-electron chi connectivity index (χ2n) is 8.49. The molecule has 33 heavy (non-hydrogen) atoms. The van der Waals surface area contributed by atoms with Crippen molar-refractivity contribution < 1.29 is 14.4 Å². The monoisotopic (exact) mass is 503 g/mol. The minimum absolute atomic E-state index is 0.171. The molecule has 0 unspecified atom stereocenters. The lowest BCUT2D eigenvalue weighted by Crippen LogP contribution is -2.54. The molecule has 1 N–H and O–H groups in total. The summed E-state index contributed by atoms with van der Waals surface area (Å²) in [7, 11) is 1.98. The summed E-state index contributed by atoms with van der Waals surface area (Å²) in [5.74, 6) is -1.60. The third kappa shape index (κ3) is 4.03. The SMILES string of the molecule is CC1=CC(C)(C)N(C)c2cc(Cl)c(/C=C3\C(=O)NC(=O)N(c4ccc(Cl)c(Cl)c4)C3=O)cc21. The van der Waals surface area contributed by atoms with E-state index in [4.69, 9.17) is 34.8 Å². The zero-order valence-electron chi connectivity index (χ0n) is 18.3. The van der Waals surface area contributed by atoms with Crippen LogP contribution in [0.3, 0.4) is 0 Å². The highest BCUT2D eigenvalue weighted by atomic mass is 35.5. The van der Waals surface area contributed by atoms with Crippen molar-refractivity contribution in [2.24, 2.45) is 0 Å². The average Bonchev–Trinajstić information content (AvgIpc) is 2.72. The van der Waals surface area contributed by atoms with Gasteiger partial charge in [0.05, 0.1) is 21.3 Å². The maximum atomic E-state index is 13.2. The van der Waals surface area contributed by atoms with E-state index in [0.717, 1.165) is 21.7 Å². The number of hydrogen-bond donors (Lipinski definition) is 1. The number of fused-ring (bicyclic) bond motifs is 1. The third-order valence-electron chi connectivity index (χ3n) is 5.90. The molecule has 2 aliphatic rings. The van der Waals surface area contributed by atoms with Gasteiger partial charge in [-0.05, 0) is 68.3 Å². The maximum absolute atomic E-state index is 13.2. The van der Waals surface area contributed by atoms with E-state index in [9.17, 15) is 14.4 Å². The van der Waals surface area contributed by atoms with Crippen LogP contribution in [0.5, 0.6) is 0 Å². The fraction of sp³-hybridized carbons (Fsp3) is 0.208. The normalized spacial score (nSPS) is 18.9. The van der Waals surface area contributed by atoms with Crippen molar-refractivity contribution in [2.75, 3.05) is 16.8 Å². The van der Waals surface area contributed by atoms with Crippen molar-refractivity contribution in [3.05, 3.63) is 68.2 Å². The van der Waals surface area contributed by atoms with E-state index in [0.29, 0.717) is 10.6 Å². The lowest BCUT2D eigenvalue weighted by atomic mass is 9.88. The number of amides is 4. The molecule has 0 radical (unpaired) electrons. The van der Waals surface area contributed by atoms with Crippen molar-refractivity contribution in [1.82, 2.24) is 5.32 Å². The molecular formula is C24H20Cl3N3O3. The standard InChI is InChI=1S/C24H20Cl3N3O3/c1-12-11-24(2,3)29(4)20-10-18(26)13(7-15(12)20)8-16-21(31)28-23(33)30(22(16)32)14-5-6-17(25)19(27)9-14/h5-11H,1-4H3,(H,28,31,33)/b16-8+. The molecule has 0 aliphatic carbocycles. The van der Waals surface area contributed by atoms with Crippen molar-refractivity contribution in [1.29, 1.82) is 0 Å². The summed E-state index contributed by atoms with van der Waals surface area (Å²) in [5.41, 5.74) is 3.18. The maximum Gasteiger partial charge on any atom is 0.335 e. The Kier molecular flexibility index (Phi) is 5.81. The van der Waals surface area contributed by atoms with Crippen molar-refractivity contribution in [3.8, 4) is 0 Å². The second-order valence-corrected chi connectivity index (χ2v) is 9.71. The molecule has 0 atom stereocenters. The quantitative estimate of drug-likeness (QED) is 0.406. The number of nitrogens with one attached hydrogen (secondary N) is 1. The molecule has 1 fully saturated rings. The molecule has 2 heterocycles. The summed E-state index contributed by atoms with van der Waals surface area (Å²) in [6.45, 7) is 6.20. The van der Waals surface area contributed by atoms with E-state index >= 15 is 0 Å². The summed E-state index contributed by atoms with van der Waals surface area (Å²) in [6.07, 6.45) is 3.54. The molecular weight excluding hydrogens is 485 g/mol. The van der Waals surface area contributed by atoms with E-state index < -0.39 is 17.8 Å².